The Hall–Kier alpha value is -1.35. The zero-order valence-corrected chi connectivity index (χ0v) is 11.9. The second-order valence-electron chi connectivity index (χ2n) is 5.65. The second kappa shape index (κ2) is 6.20. The van der Waals surface area contributed by atoms with Gasteiger partial charge in [0.1, 0.15) is 0 Å². The summed E-state index contributed by atoms with van der Waals surface area (Å²) in [4.78, 5) is 14.4. The summed E-state index contributed by atoms with van der Waals surface area (Å²) in [5, 5.41) is 0. The van der Waals surface area contributed by atoms with Crippen molar-refractivity contribution in [3.63, 3.8) is 0 Å². The first-order valence-corrected chi connectivity index (χ1v) is 7.13. The van der Waals surface area contributed by atoms with Gasteiger partial charge in [0.05, 0.1) is 0 Å². The van der Waals surface area contributed by atoms with Crippen LogP contribution in [0, 0.1) is 18.8 Å². The smallest absolute Gasteiger partial charge is 0.226 e. The van der Waals surface area contributed by atoms with Crippen LogP contribution in [-0.2, 0) is 11.3 Å². The van der Waals surface area contributed by atoms with Gasteiger partial charge in [0.2, 0.25) is 5.91 Å². The molecule has 0 spiro atoms. The van der Waals surface area contributed by atoms with E-state index in [2.05, 4.69) is 19.1 Å². The van der Waals surface area contributed by atoms with E-state index in [0.29, 0.717) is 19.0 Å². The minimum absolute atomic E-state index is 0.138. The molecule has 2 atom stereocenters. The topological polar surface area (TPSA) is 46.3 Å². The molecule has 2 unspecified atom stereocenters. The van der Waals surface area contributed by atoms with E-state index < -0.39 is 0 Å². The van der Waals surface area contributed by atoms with Crippen LogP contribution in [0.5, 0.6) is 0 Å². The molecule has 19 heavy (non-hydrogen) atoms. The summed E-state index contributed by atoms with van der Waals surface area (Å²) in [5.74, 6) is 0.780. The molecule has 0 aromatic heterocycles. The zero-order valence-electron chi connectivity index (χ0n) is 11.9. The van der Waals surface area contributed by atoms with Gasteiger partial charge in [-0.25, -0.2) is 0 Å². The van der Waals surface area contributed by atoms with Crippen LogP contribution in [-0.4, -0.2) is 24.4 Å². The summed E-state index contributed by atoms with van der Waals surface area (Å²) < 4.78 is 0. The van der Waals surface area contributed by atoms with Gasteiger partial charge in [-0.15, -0.1) is 0 Å². The first-order valence-electron chi connectivity index (χ1n) is 7.13. The number of carbonyl (C=O) groups is 1. The summed E-state index contributed by atoms with van der Waals surface area (Å²) in [6, 6.07) is 8.24. The average molecular weight is 260 g/mol. The molecule has 3 heteroatoms. The first-order chi connectivity index (χ1) is 9.13. The van der Waals surface area contributed by atoms with Crippen molar-refractivity contribution in [3.05, 3.63) is 35.4 Å². The highest BCUT2D eigenvalue weighted by molar-refractivity contribution is 5.79. The van der Waals surface area contributed by atoms with Crippen LogP contribution < -0.4 is 5.73 Å². The third-order valence-electron chi connectivity index (χ3n) is 4.32. The lowest BCUT2D eigenvalue weighted by Crippen LogP contribution is -2.36. The molecule has 1 aromatic carbocycles. The van der Waals surface area contributed by atoms with Gasteiger partial charge in [-0.05, 0) is 43.4 Å². The second-order valence-corrected chi connectivity index (χ2v) is 5.65. The van der Waals surface area contributed by atoms with Crippen molar-refractivity contribution in [1.82, 2.24) is 4.90 Å². The number of nitrogens with two attached hydrogens (primary N) is 1. The molecule has 1 aliphatic rings. The normalized spacial score (nSPS) is 22.5. The molecular weight excluding hydrogens is 236 g/mol. The Kier molecular flexibility index (Phi) is 4.59. The van der Waals surface area contributed by atoms with Crippen molar-refractivity contribution in [2.45, 2.75) is 32.7 Å². The number of rotatable bonds is 4. The highest BCUT2D eigenvalue weighted by Gasteiger charge is 2.33. The Morgan fingerprint density at radius 3 is 2.79 bits per heavy atom. The summed E-state index contributed by atoms with van der Waals surface area (Å²) >= 11 is 0. The molecule has 1 fully saturated rings. The zero-order chi connectivity index (χ0) is 13.8. The fourth-order valence-corrected chi connectivity index (χ4v) is 3.05. The van der Waals surface area contributed by atoms with Gasteiger partial charge in [-0.3, -0.25) is 4.79 Å². The third-order valence-corrected chi connectivity index (χ3v) is 4.32. The lowest BCUT2D eigenvalue weighted by atomic mass is 9.94. The summed E-state index contributed by atoms with van der Waals surface area (Å²) in [6.45, 7) is 3.42. The van der Waals surface area contributed by atoms with Gasteiger partial charge in [-0.2, -0.15) is 0 Å². The van der Waals surface area contributed by atoms with Crippen molar-refractivity contribution in [1.29, 1.82) is 0 Å². The van der Waals surface area contributed by atoms with Gasteiger partial charge < -0.3 is 10.6 Å². The molecule has 0 radical (unpaired) electrons. The maximum atomic E-state index is 12.5. The molecule has 2 rings (SSSR count). The van der Waals surface area contributed by atoms with Crippen molar-refractivity contribution in [2.75, 3.05) is 13.6 Å². The average Bonchev–Trinajstić information content (AvgIpc) is 2.88. The van der Waals surface area contributed by atoms with Gasteiger partial charge >= 0.3 is 0 Å². The molecule has 0 heterocycles. The number of hydrogen-bond acceptors (Lipinski definition) is 2. The van der Waals surface area contributed by atoms with Crippen molar-refractivity contribution in [3.8, 4) is 0 Å². The van der Waals surface area contributed by atoms with E-state index in [4.69, 9.17) is 5.73 Å². The summed E-state index contributed by atoms with van der Waals surface area (Å²) in [7, 11) is 1.90. The summed E-state index contributed by atoms with van der Waals surface area (Å²) in [6.07, 6.45) is 3.24. The van der Waals surface area contributed by atoms with E-state index in [0.717, 1.165) is 19.3 Å². The molecule has 104 valence electrons. The first kappa shape index (κ1) is 14.1. The Morgan fingerprint density at radius 1 is 1.37 bits per heavy atom. The predicted molar refractivity (Wildman–Crippen MR) is 77.5 cm³/mol. The van der Waals surface area contributed by atoms with E-state index in [1.54, 1.807) is 0 Å². The molecule has 1 aromatic rings. The van der Waals surface area contributed by atoms with Crippen LogP contribution in [0.15, 0.2) is 24.3 Å². The molecule has 0 saturated heterocycles. The van der Waals surface area contributed by atoms with Crippen LogP contribution in [0.1, 0.15) is 30.4 Å². The molecule has 1 aliphatic carbocycles. The maximum absolute atomic E-state index is 12.5. The molecule has 1 amide bonds. The van der Waals surface area contributed by atoms with Crippen molar-refractivity contribution >= 4 is 5.91 Å². The standard InChI is InChI=1S/C16H24N2O/c1-12-6-3-4-7-14(12)11-18(2)16(19)15-9-5-8-13(15)10-17/h3-4,6-7,13,15H,5,8-11,17H2,1-2H3. The van der Waals surface area contributed by atoms with Crippen LogP contribution in [0.2, 0.25) is 0 Å². The highest BCUT2D eigenvalue weighted by Crippen LogP contribution is 2.32. The molecule has 3 nitrogen and oxygen atoms in total. The minimum atomic E-state index is 0.138. The summed E-state index contributed by atoms with van der Waals surface area (Å²) in [5.41, 5.74) is 8.23. The lowest BCUT2D eigenvalue weighted by Gasteiger charge is -2.25. The van der Waals surface area contributed by atoms with E-state index in [1.165, 1.54) is 11.1 Å². The highest BCUT2D eigenvalue weighted by atomic mass is 16.2. The molecule has 2 N–H and O–H groups in total. The van der Waals surface area contributed by atoms with Gasteiger partial charge in [0, 0.05) is 19.5 Å². The molecule has 0 bridgehead atoms. The largest absolute Gasteiger partial charge is 0.341 e. The van der Waals surface area contributed by atoms with Crippen LogP contribution >= 0.6 is 0 Å². The van der Waals surface area contributed by atoms with E-state index in [1.807, 2.05) is 24.1 Å². The van der Waals surface area contributed by atoms with Crippen LogP contribution in [0.3, 0.4) is 0 Å². The van der Waals surface area contributed by atoms with E-state index in [-0.39, 0.29) is 11.8 Å². The number of hydrogen-bond donors (Lipinski definition) is 1. The van der Waals surface area contributed by atoms with Crippen LogP contribution in [0.25, 0.3) is 0 Å². The van der Waals surface area contributed by atoms with Gasteiger partial charge in [0.15, 0.2) is 0 Å². The number of amides is 1. The number of carbonyl (C=O) groups excluding carboxylic acids is 1. The van der Waals surface area contributed by atoms with Gasteiger partial charge in [-0.1, -0.05) is 30.7 Å². The third kappa shape index (κ3) is 3.16. The van der Waals surface area contributed by atoms with E-state index >= 15 is 0 Å². The van der Waals surface area contributed by atoms with Crippen molar-refractivity contribution in [2.24, 2.45) is 17.6 Å². The Morgan fingerprint density at radius 2 is 2.11 bits per heavy atom. The van der Waals surface area contributed by atoms with Crippen molar-refractivity contribution < 1.29 is 4.79 Å². The SMILES string of the molecule is Cc1ccccc1CN(C)C(=O)C1CCCC1CN. The van der Waals surface area contributed by atoms with E-state index in [9.17, 15) is 4.79 Å². The minimum Gasteiger partial charge on any atom is -0.341 e. The fraction of sp³-hybridized carbons (Fsp3) is 0.562. The number of aryl methyl sites for hydroxylation is 1. The Labute approximate surface area is 115 Å². The number of benzene rings is 1. The lowest BCUT2D eigenvalue weighted by molar-refractivity contribution is -0.135. The molecule has 1 saturated carbocycles. The number of nitrogens with zero attached hydrogens (tertiary/aromatic N) is 1. The predicted octanol–water partition coefficient (Wildman–Crippen LogP) is 2.33. The maximum Gasteiger partial charge on any atom is 0.226 e. The molecule has 0 aliphatic heterocycles. The Balaban J connectivity index is 2.02. The van der Waals surface area contributed by atoms with Gasteiger partial charge in [0.25, 0.3) is 0 Å². The fourth-order valence-electron chi connectivity index (χ4n) is 3.05. The Bertz CT molecular complexity index is 444. The molecular formula is C16H24N2O. The quantitative estimate of drug-likeness (QED) is 0.903. The monoisotopic (exact) mass is 260 g/mol. The van der Waals surface area contributed by atoms with Crippen LogP contribution in [0.4, 0.5) is 0 Å².